The second-order valence-electron chi connectivity index (χ2n) is 2.65. The lowest BCUT2D eigenvalue weighted by Gasteiger charge is -2.04. The predicted octanol–water partition coefficient (Wildman–Crippen LogP) is 1.22. The van der Waals surface area contributed by atoms with E-state index in [1.165, 1.54) is 0 Å². The van der Waals surface area contributed by atoms with E-state index in [1.807, 2.05) is 6.07 Å². The fourth-order valence-corrected chi connectivity index (χ4v) is 1.24. The van der Waals surface area contributed by atoms with Crippen molar-refractivity contribution in [1.29, 1.82) is 0 Å². The first-order chi connectivity index (χ1) is 6.31. The molecular weight excluding hydrogens is 166 g/mol. The van der Waals surface area contributed by atoms with Crippen LogP contribution >= 0.6 is 0 Å². The van der Waals surface area contributed by atoms with Crippen molar-refractivity contribution in [3.05, 3.63) is 24.5 Å². The molecule has 4 nitrogen and oxygen atoms in total. The van der Waals surface area contributed by atoms with Crippen LogP contribution in [0.3, 0.4) is 0 Å². The Labute approximate surface area is 75.4 Å². The molecule has 2 rings (SSSR count). The molecule has 0 aliphatic heterocycles. The van der Waals surface area contributed by atoms with E-state index < -0.39 is 0 Å². The summed E-state index contributed by atoms with van der Waals surface area (Å²) in [4.78, 5) is 8.04. The van der Waals surface area contributed by atoms with E-state index in [0.717, 1.165) is 10.8 Å². The van der Waals surface area contributed by atoms with Gasteiger partial charge in [-0.15, -0.1) is 0 Å². The Kier molecular flexibility index (Phi) is 1.73. The summed E-state index contributed by atoms with van der Waals surface area (Å²) in [6.45, 7) is 0. The van der Waals surface area contributed by atoms with E-state index in [9.17, 15) is 0 Å². The normalized spacial score (nSPS) is 10.2. The lowest BCUT2D eigenvalue weighted by atomic mass is 10.2. The van der Waals surface area contributed by atoms with Gasteiger partial charge >= 0.3 is 0 Å². The van der Waals surface area contributed by atoms with Crippen molar-refractivity contribution in [2.24, 2.45) is 0 Å². The number of fused-ring (bicyclic) bond motifs is 1. The molecule has 13 heavy (non-hydrogen) atoms. The molecular formula is C9H9N3O. The van der Waals surface area contributed by atoms with Gasteiger partial charge in [0.05, 0.1) is 7.11 Å². The summed E-state index contributed by atoms with van der Waals surface area (Å²) >= 11 is 0. The molecule has 4 heteroatoms. The van der Waals surface area contributed by atoms with Gasteiger partial charge < -0.3 is 10.5 Å². The number of hydrogen-bond acceptors (Lipinski definition) is 4. The molecule has 0 saturated carbocycles. The SMILES string of the molecule is COc1nc(N)cc2cnccc12. The molecule has 0 amide bonds. The van der Waals surface area contributed by atoms with Crippen LogP contribution in [0.25, 0.3) is 10.8 Å². The predicted molar refractivity (Wildman–Crippen MR) is 50.5 cm³/mol. The zero-order chi connectivity index (χ0) is 9.26. The molecule has 2 heterocycles. The monoisotopic (exact) mass is 175 g/mol. The number of nitrogens with zero attached hydrogens (tertiary/aromatic N) is 2. The third-order valence-corrected chi connectivity index (χ3v) is 1.81. The summed E-state index contributed by atoms with van der Waals surface area (Å²) in [5.41, 5.74) is 5.58. The highest BCUT2D eigenvalue weighted by Gasteiger charge is 2.03. The average Bonchev–Trinajstić information content (AvgIpc) is 2.16. The van der Waals surface area contributed by atoms with Gasteiger partial charge in [-0.2, -0.15) is 4.98 Å². The van der Waals surface area contributed by atoms with Crippen LogP contribution in [0.5, 0.6) is 5.88 Å². The summed E-state index contributed by atoms with van der Waals surface area (Å²) in [5.74, 6) is 0.981. The van der Waals surface area contributed by atoms with Gasteiger partial charge in [-0.3, -0.25) is 4.98 Å². The summed E-state index contributed by atoms with van der Waals surface area (Å²) < 4.78 is 5.09. The molecule has 0 spiro atoms. The lowest BCUT2D eigenvalue weighted by molar-refractivity contribution is 0.404. The number of ether oxygens (including phenoxy) is 1. The molecule has 66 valence electrons. The molecule has 0 atom stereocenters. The van der Waals surface area contributed by atoms with E-state index in [-0.39, 0.29) is 0 Å². The van der Waals surface area contributed by atoms with Gasteiger partial charge in [-0.1, -0.05) is 0 Å². The molecule has 2 aromatic rings. The van der Waals surface area contributed by atoms with Crippen LogP contribution in [0.4, 0.5) is 5.82 Å². The minimum absolute atomic E-state index is 0.442. The fraction of sp³-hybridized carbons (Fsp3) is 0.111. The number of methoxy groups -OCH3 is 1. The molecule has 0 fully saturated rings. The highest BCUT2D eigenvalue weighted by Crippen LogP contribution is 2.23. The van der Waals surface area contributed by atoms with Crippen molar-refractivity contribution < 1.29 is 4.74 Å². The second-order valence-corrected chi connectivity index (χ2v) is 2.65. The summed E-state index contributed by atoms with van der Waals surface area (Å²) in [6.07, 6.45) is 3.43. The molecule has 0 unspecified atom stereocenters. The number of nitrogens with two attached hydrogens (primary N) is 1. The third kappa shape index (κ3) is 1.26. The molecule has 2 N–H and O–H groups in total. The molecule has 0 bridgehead atoms. The maximum atomic E-state index is 5.58. The van der Waals surface area contributed by atoms with Crippen LogP contribution < -0.4 is 10.5 Å². The van der Waals surface area contributed by atoms with Gasteiger partial charge in [0.25, 0.3) is 0 Å². The summed E-state index contributed by atoms with van der Waals surface area (Å²) in [5, 5.41) is 1.86. The van der Waals surface area contributed by atoms with Crippen molar-refractivity contribution in [2.45, 2.75) is 0 Å². The van der Waals surface area contributed by atoms with Gasteiger partial charge in [0.1, 0.15) is 5.82 Å². The second kappa shape index (κ2) is 2.90. The van der Waals surface area contributed by atoms with Crippen molar-refractivity contribution in [3.8, 4) is 5.88 Å². The third-order valence-electron chi connectivity index (χ3n) is 1.81. The number of hydrogen-bond donors (Lipinski definition) is 1. The first kappa shape index (κ1) is 7.79. The zero-order valence-corrected chi connectivity index (χ0v) is 7.19. The Balaban J connectivity index is 2.81. The number of nitrogen functional groups attached to an aromatic ring is 1. The van der Waals surface area contributed by atoms with Gasteiger partial charge in [0, 0.05) is 23.2 Å². The number of pyridine rings is 2. The highest BCUT2D eigenvalue weighted by atomic mass is 16.5. The minimum atomic E-state index is 0.442. The van der Waals surface area contributed by atoms with Crippen molar-refractivity contribution >= 4 is 16.6 Å². The van der Waals surface area contributed by atoms with E-state index >= 15 is 0 Å². The largest absolute Gasteiger partial charge is 0.480 e. The van der Waals surface area contributed by atoms with Crippen LogP contribution in [0, 0.1) is 0 Å². The van der Waals surface area contributed by atoms with Crippen LogP contribution in [0.2, 0.25) is 0 Å². The van der Waals surface area contributed by atoms with Gasteiger partial charge in [0.15, 0.2) is 0 Å². The summed E-state index contributed by atoms with van der Waals surface area (Å²) in [7, 11) is 1.57. The van der Waals surface area contributed by atoms with E-state index in [0.29, 0.717) is 11.7 Å². The summed E-state index contributed by atoms with van der Waals surface area (Å²) in [6, 6.07) is 3.62. The molecule has 0 aromatic carbocycles. The molecule has 2 aromatic heterocycles. The Bertz CT molecular complexity index is 442. The number of anilines is 1. The Morgan fingerprint density at radius 2 is 2.31 bits per heavy atom. The minimum Gasteiger partial charge on any atom is -0.480 e. The van der Waals surface area contributed by atoms with Gasteiger partial charge in [-0.25, -0.2) is 0 Å². The maximum absolute atomic E-state index is 5.58. The zero-order valence-electron chi connectivity index (χ0n) is 7.19. The molecule has 0 radical (unpaired) electrons. The Hall–Kier alpha value is -1.84. The topological polar surface area (TPSA) is 61.0 Å². The first-order valence-electron chi connectivity index (χ1n) is 3.85. The van der Waals surface area contributed by atoms with Crippen LogP contribution in [0.15, 0.2) is 24.5 Å². The maximum Gasteiger partial charge on any atom is 0.223 e. The fourth-order valence-electron chi connectivity index (χ4n) is 1.24. The van der Waals surface area contributed by atoms with E-state index in [4.69, 9.17) is 10.5 Å². The first-order valence-corrected chi connectivity index (χ1v) is 3.85. The number of aromatic nitrogens is 2. The van der Waals surface area contributed by atoms with Crippen LogP contribution in [-0.4, -0.2) is 17.1 Å². The number of rotatable bonds is 1. The molecule has 0 aliphatic rings. The van der Waals surface area contributed by atoms with E-state index in [2.05, 4.69) is 9.97 Å². The van der Waals surface area contributed by atoms with E-state index in [1.54, 1.807) is 25.6 Å². The van der Waals surface area contributed by atoms with Gasteiger partial charge in [-0.05, 0) is 12.1 Å². The molecule has 0 saturated heterocycles. The van der Waals surface area contributed by atoms with Crippen molar-refractivity contribution in [1.82, 2.24) is 9.97 Å². The lowest BCUT2D eigenvalue weighted by Crippen LogP contribution is -1.95. The quantitative estimate of drug-likeness (QED) is 0.707. The van der Waals surface area contributed by atoms with Gasteiger partial charge in [0.2, 0.25) is 5.88 Å². The average molecular weight is 175 g/mol. The van der Waals surface area contributed by atoms with Crippen molar-refractivity contribution in [2.75, 3.05) is 12.8 Å². The Morgan fingerprint density at radius 3 is 3.08 bits per heavy atom. The highest BCUT2D eigenvalue weighted by molar-refractivity contribution is 5.87. The van der Waals surface area contributed by atoms with Crippen molar-refractivity contribution in [3.63, 3.8) is 0 Å². The molecule has 0 aliphatic carbocycles. The van der Waals surface area contributed by atoms with Crippen LogP contribution in [-0.2, 0) is 0 Å². The Morgan fingerprint density at radius 1 is 1.46 bits per heavy atom. The standard InChI is InChI=1S/C9H9N3O/c1-13-9-7-2-3-11-5-6(7)4-8(10)12-9/h2-5H,1H3,(H2,10,12). The smallest absolute Gasteiger partial charge is 0.223 e. The van der Waals surface area contributed by atoms with Crippen LogP contribution in [0.1, 0.15) is 0 Å².